The lowest BCUT2D eigenvalue weighted by atomic mass is 10.1. The van der Waals surface area contributed by atoms with Crippen LogP contribution >= 0.6 is 11.6 Å². The highest BCUT2D eigenvalue weighted by Crippen LogP contribution is 2.20. The zero-order valence-corrected chi connectivity index (χ0v) is 16.8. The van der Waals surface area contributed by atoms with Gasteiger partial charge in [-0.1, -0.05) is 30.7 Å². The zero-order chi connectivity index (χ0) is 21.0. The Morgan fingerprint density at radius 1 is 1.14 bits per heavy atom. The van der Waals surface area contributed by atoms with Crippen LogP contribution in [0.2, 0.25) is 5.02 Å². The third-order valence-corrected chi connectivity index (χ3v) is 4.73. The average Bonchev–Trinajstić information content (AvgIpc) is 2.71. The van der Waals surface area contributed by atoms with Crippen molar-refractivity contribution in [2.24, 2.45) is 0 Å². The van der Waals surface area contributed by atoms with Gasteiger partial charge in [0.1, 0.15) is 18.2 Å². The molecule has 0 saturated heterocycles. The van der Waals surface area contributed by atoms with E-state index in [4.69, 9.17) is 20.8 Å². The molecule has 0 aliphatic carbocycles. The van der Waals surface area contributed by atoms with Crippen LogP contribution in [-0.2, 0) is 22.6 Å². The molecule has 0 aliphatic heterocycles. The monoisotopic (exact) mass is 413 g/mol. The fraction of sp³-hybridized carbons (Fsp3) is 0.227. The summed E-state index contributed by atoms with van der Waals surface area (Å²) in [6, 6.07) is 12.3. The second-order valence-corrected chi connectivity index (χ2v) is 7.02. The highest BCUT2D eigenvalue weighted by molar-refractivity contribution is 6.30. The molecule has 1 amide bonds. The van der Waals surface area contributed by atoms with Gasteiger partial charge in [0.15, 0.2) is 0 Å². The summed E-state index contributed by atoms with van der Waals surface area (Å²) < 4.78 is 10.6. The minimum Gasteiger partial charge on any atom is -0.459 e. The highest BCUT2D eigenvalue weighted by atomic mass is 35.5. The van der Waals surface area contributed by atoms with Crippen molar-refractivity contribution in [1.29, 1.82) is 0 Å². The number of fused-ring (bicyclic) bond motifs is 1. The van der Waals surface area contributed by atoms with Crippen LogP contribution in [0.25, 0.3) is 11.0 Å². The van der Waals surface area contributed by atoms with E-state index in [1.54, 1.807) is 30.3 Å². The van der Waals surface area contributed by atoms with E-state index in [9.17, 15) is 14.4 Å². The molecule has 3 rings (SSSR count). The van der Waals surface area contributed by atoms with Crippen LogP contribution < -0.4 is 10.9 Å². The molecule has 1 atom stereocenters. The molecule has 150 valence electrons. The third kappa shape index (κ3) is 5.03. The number of amides is 1. The lowest BCUT2D eigenvalue weighted by Crippen LogP contribution is -2.39. The first-order chi connectivity index (χ1) is 13.9. The topological polar surface area (TPSA) is 85.6 Å². The summed E-state index contributed by atoms with van der Waals surface area (Å²) in [5.41, 5.74) is 1.90. The number of halogens is 1. The number of esters is 1. The molecule has 0 radical (unpaired) electrons. The van der Waals surface area contributed by atoms with Gasteiger partial charge in [0.05, 0.1) is 0 Å². The van der Waals surface area contributed by atoms with Crippen molar-refractivity contribution in [3.63, 3.8) is 0 Å². The lowest BCUT2D eigenvalue weighted by Gasteiger charge is -2.14. The Morgan fingerprint density at radius 3 is 2.55 bits per heavy atom. The van der Waals surface area contributed by atoms with Crippen molar-refractivity contribution in [3.05, 3.63) is 80.7 Å². The number of hydrogen-bond donors (Lipinski definition) is 1. The average molecular weight is 414 g/mol. The van der Waals surface area contributed by atoms with Crippen molar-refractivity contribution < 1.29 is 18.7 Å². The van der Waals surface area contributed by atoms with E-state index < -0.39 is 23.5 Å². The number of rotatable bonds is 6. The van der Waals surface area contributed by atoms with Crippen LogP contribution in [0.1, 0.15) is 35.3 Å². The van der Waals surface area contributed by atoms with Crippen LogP contribution in [0.5, 0.6) is 0 Å². The Hall–Kier alpha value is -3.12. The summed E-state index contributed by atoms with van der Waals surface area (Å²) in [4.78, 5) is 36.3. The van der Waals surface area contributed by atoms with Crippen molar-refractivity contribution >= 4 is 34.4 Å². The molecule has 0 bridgehead atoms. The molecule has 2 aromatic carbocycles. The Kier molecular flexibility index (Phi) is 6.34. The molecule has 1 aromatic heterocycles. The second kappa shape index (κ2) is 8.92. The van der Waals surface area contributed by atoms with Gasteiger partial charge in [0, 0.05) is 27.6 Å². The van der Waals surface area contributed by atoms with Gasteiger partial charge in [-0.15, -0.1) is 0 Å². The molecule has 0 aliphatic rings. The van der Waals surface area contributed by atoms with Crippen LogP contribution in [0.4, 0.5) is 0 Å². The van der Waals surface area contributed by atoms with Crippen LogP contribution in [0.15, 0.2) is 57.7 Å². The van der Waals surface area contributed by atoms with E-state index in [0.29, 0.717) is 27.1 Å². The first-order valence-corrected chi connectivity index (χ1v) is 9.54. The van der Waals surface area contributed by atoms with Gasteiger partial charge in [-0.05, 0) is 49.2 Å². The van der Waals surface area contributed by atoms with E-state index in [-0.39, 0.29) is 6.61 Å². The highest BCUT2D eigenvalue weighted by Gasteiger charge is 2.19. The van der Waals surface area contributed by atoms with Crippen LogP contribution in [-0.4, -0.2) is 17.9 Å². The maximum atomic E-state index is 12.3. The largest absolute Gasteiger partial charge is 0.459 e. The number of benzene rings is 2. The van der Waals surface area contributed by atoms with E-state index in [2.05, 4.69) is 5.32 Å². The van der Waals surface area contributed by atoms with E-state index in [1.807, 2.05) is 19.1 Å². The summed E-state index contributed by atoms with van der Waals surface area (Å²) in [5.74, 6) is -1.03. The van der Waals surface area contributed by atoms with Crippen molar-refractivity contribution in [2.45, 2.75) is 32.9 Å². The van der Waals surface area contributed by atoms with E-state index in [0.717, 1.165) is 12.0 Å². The molecule has 1 N–H and O–H groups in total. The lowest BCUT2D eigenvalue weighted by molar-refractivity contribution is -0.146. The van der Waals surface area contributed by atoms with Gasteiger partial charge in [-0.2, -0.15) is 0 Å². The van der Waals surface area contributed by atoms with Crippen LogP contribution in [0.3, 0.4) is 0 Å². The molecular weight excluding hydrogens is 394 g/mol. The number of carbonyl (C=O) groups is 2. The van der Waals surface area contributed by atoms with Crippen molar-refractivity contribution in [1.82, 2.24) is 5.32 Å². The third-order valence-electron chi connectivity index (χ3n) is 4.48. The maximum Gasteiger partial charge on any atom is 0.336 e. The van der Waals surface area contributed by atoms with Gasteiger partial charge < -0.3 is 14.5 Å². The molecule has 0 saturated carbocycles. The standard InChI is InChI=1S/C22H20ClNO5/c1-3-14-4-9-18-16(11-20(25)29-19(18)10-14)12-28-22(27)13(2)24-21(26)15-5-7-17(23)8-6-15/h4-11,13H,3,12H2,1-2H3,(H,24,26)/t13-/m0/s1. The fourth-order valence-electron chi connectivity index (χ4n) is 2.83. The molecular formula is C22H20ClNO5. The predicted octanol–water partition coefficient (Wildman–Crippen LogP) is 3.87. The first kappa shape index (κ1) is 20.6. The van der Waals surface area contributed by atoms with Gasteiger partial charge in [-0.3, -0.25) is 4.79 Å². The molecule has 6 nitrogen and oxygen atoms in total. The molecule has 0 fully saturated rings. The van der Waals surface area contributed by atoms with Gasteiger partial charge in [-0.25, -0.2) is 9.59 Å². The van der Waals surface area contributed by atoms with E-state index >= 15 is 0 Å². The fourth-order valence-corrected chi connectivity index (χ4v) is 2.95. The first-order valence-electron chi connectivity index (χ1n) is 9.16. The molecule has 29 heavy (non-hydrogen) atoms. The number of ether oxygens (including phenoxy) is 1. The normalized spacial score (nSPS) is 11.8. The summed E-state index contributed by atoms with van der Waals surface area (Å²) >= 11 is 5.81. The Labute approximate surface area is 172 Å². The summed E-state index contributed by atoms with van der Waals surface area (Å²) in [6.45, 7) is 3.43. The quantitative estimate of drug-likeness (QED) is 0.489. The molecule has 0 unspecified atom stereocenters. The number of nitrogens with one attached hydrogen (secondary N) is 1. The SMILES string of the molecule is CCc1ccc2c(COC(=O)[C@H](C)NC(=O)c3ccc(Cl)cc3)cc(=O)oc2c1. The van der Waals surface area contributed by atoms with Gasteiger partial charge in [0.25, 0.3) is 5.91 Å². The van der Waals surface area contributed by atoms with Crippen molar-refractivity contribution in [2.75, 3.05) is 0 Å². The van der Waals surface area contributed by atoms with Crippen LogP contribution in [0, 0.1) is 0 Å². The molecule has 1 heterocycles. The molecule has 7 heteroatoms. The second-order valence-electron chi connectivity index (χ2n) is 6.58. The number of hydrogen-bond acceptors (Lipinski definition) is 5. The van der Waals surface area contributed by atoms with Gasteiger partial charge in [0.2, 0.25) is 0 Å². The Morgan fingerprint density at radius 2 is 1.86 bits per heavy atom. The van der Waals surface area contributed by atoms with Crippen molar-refractivity contribution in [3.8, 4) is 0 Å². The smallest absolute Gasteiger partial charge is 0.336 e. The number of aryl methyl sites for hydroxylation is 1. The number of carbonyl (C=O) groups excluding carboxylic acids is 2. The van der Waals surface area contributed by atoms with E-state index in [1.165, 1.54) is 13.0 Å². The predicted molar refractivity (Wildman–Crippen MR) is 110 cm³/mol. The summed E-state index contributed by atoms with van der Waals surface area (Å²) in [6.07, 6.45) is 0.809. The maximum absolute atomic E-state index is 12.3. The molecule has 0 spiro atoms. The Bertz CT molecular complexity index is 1100. The summed E-state index contributed by atoms with van der Waals surface area (Å²) in [7, 11) is 0. The van der Waals surface area contributed by atoms with Gasteiger partial charge >= 0.3 is 11.6 Å². The summed E-state index contributed by atoms with van der Waals surface area (Å²) in [5, 5.41) is 3.79. The Balaban J connectivity index is 1.67. The molecule has 3 aromatic rings. The minimum atomic E-state index is -0.865. The zero-order valence-electron chi connectivity index (χ0n) is 16.0. The minimum absolute atomic E-state index is 0.104.